The van der Waals surface area contributed by atoms with Crippen molar-refractivity contribution in [1.82, 2.24) is 0 Å². The number of ether oxygens (including phenoxy) is 2. The molecule has 1 saturated carbocycles. The number of hydrogen-bond donors (Lipinski definition) is 1. The molecule has 0 bridgehead atoms. The molecule has 2 rings (SSSR count). The summed E-state index contributed by atoms with van der Waals surface area (Å²) in [6.45, 7) is 1.10. The van der Waals surface area contributed by atoms with Crippen LogP contribution in [0.25, 0.3) is 0 Å². The van der Waals surface area contributed by atoms with Crippen molar-refractivity contribution in [3.8, 4) is 11.5 Å². The third kappa shape index (κ3) is 2.92. The van der Waals surface area contributed by atoms with Crippen molar-refractivity contribution in [1.29, 1.82) is 0 Å². The Labute approximate surface area is 83.3 Å². The van der Waals surface area contributed by atoms with Gasteiger partial charge in [0.15, 0.2) is 6.79 Å². The Bertz CT molecular complexity index is 277. The van der Waals surface area contributed by atoms with Crippen molar-refractivity contribution < 1.29 is 14.6 Å². The monoisotopic (exact) mass is 194 g/mol. The van der Waals surface area contributed by atoms with E-state index < -0.39 is 0 Å². The van der Waals surface area contributed by atoms with Crippen LogP contribution in [0.4, 0.5) is 0 Å². The molecule has 3 heteroatoms. The summed E-state index contributed by atoms with van der Waals surface area (Å²) >= 11 is 0. The molecule has 14 heavy (non-hydrogen) atoms. The third-order valence-corrected chi connectivity index (χ3v) is 2.20. The lowest BCUT2D eigenvalue weighted by Gasteiger charge is -2.06. The summed E-state index contributed by atoms with van der Waals surface area (Å²) in [5, 5.41) is 9.02. The fourth-order valence-corrected chi connectivity index (χ4v) is 1.15. The Morgan fingerprint density at radius 2 is 1.93 bits per heavy atom. The van der Waals surface area contributed by atoms with E-state index in [1.165, 1.54) is 12.8 Å². The number of phenolic OH excluding ortho intramolecular Hbond substituents is 1. The lowest BCUT2D eigenvalue weighted by Crippen LogP contribution is -2.04. The number of rotatable bonds is 5. The van der Waals surface area contributed by atoms with Crippen LogP contribution in [-0.2, 0) is 4.74 Å². The molecule has 1 aromatic rings. The maximum Gasteiger partial charge on any atom is 0.189 e. The summed E-state index contributed by atoms with van der Waals surface area (Å²) in [6.07, 6.45) is 2.58. The minimum Gasteiger partial charge on any atom is -0.508 e. The van der Waals surface area contributed by atoms with Crippen LogP contribution in [0.2, 0.25) is 0 Å². The van der Waals surface area contributed by atoms with Crippen LogP contribution in [-0.4, -0.2) is 18.5 Å². The van der Waals surface area contributed by atoms with E-state index in [1.807, 2.05) is 0 Å². The maximum absolute atomic E-state index is 9.02. The van der Waals surface area contributed by atoms with E-state index in [9.17, 15) is 0 Å². The van der Waals surface area contributed by atoms with Gasteiger partial charge in [-0.15, -0.1) is 0 Å². The van der Waals surface area contributed by atoms with Crippen LogP contribution >= 0.6 is 0 Å². The van der Waals surface area contributed by atoms with Gasteiger partial charge in [-0.2, -0.15) is 0 Å². The average Bonchev–Trinajstić information content (AvgIpc) is 2.99. The normalized spacial score (nSPS) is 15.4. The first-order chi connectivity index (χ1) is 6.84. The Hall–Kier alpha value is -1.22. The fourth-order valence-electron chi connectivity index (χ4n) is 1.15. The van der Waals surface area contributed by atoms with Gasteiger partial charge in [-0.25, -0.2) is 0 Å². The van der Waals surface area contributed by atoms with Crippen LogP contribution in [0.3, 0.4) is 0 Å². The van der Waals surface area contributed by atoms with Gasteiger partial charge in [0, 0.05) is 0 Å². The molecule has 1 aliphatic rings. The van der Waals surface area contributed by atoms with Crippen LogP contribution in [0.15, 0.2) is 24.3 Å². The van der Waals surface area contributed by atoms with Gasteiger partial charge in [0.05, 0.1) is 6.61 Å². The van der Waals surface area contributed by atoms with E-state index in [1.54, 1.807) is 24.3 Å². The summed E-state index contributed by atoms with van der Waals surface area (Å²) in [6, 6.07) is 6.62. The van der Waals surface area contributed by atoms with Crippen LogP contribution in [0, 0.1) is 5.92 Å². The molecule has 0 radical (unpaired) electrons. The standard InChI is InChI=1S/C11H14O3/c12-10-3-5-11(6-4-10)14-8-13-7-9-1-2-9/h3-6,9,12H,1-2,7-8H2. The first kappa shape index (κ1) is 9.34. The van der Waals surface area contributed by atoms with Crippen molar-refractivity contribution >= 4 is 0 Å². The molecule has 3 nitrogen and oxygen atoms in total. The second-order valence-electron chi connectivity index (χ2n) is 3.57. The summed E-state index contributed by atoms with van der Waals surface area (Å²) in [7, 11) is 0. The molecule has 76 valence electrons. The quantitative estimate of drug-likeness (QED) is 0.576. The van der Waals surface area contributed by atoms with Gasteiger partial charge in [-0.1, -0.05) is 0 Å². The topological polar surface area (TPSA) is 38.7 Å². The first-order valence-corrected chi connectivity index (χ1v) is 4.84. The smallest absolute Gasteiger partial charge is 0.189 e. The Balaban J connectivity index is 1.66. The molecule has 1 aliphatic carbocycles. The van der Waals surface area contributed by atoms with E-state index in [0.29, 0.717) is 6.79 Å². The Kier molecular flexibility index (Phi) is 2.89. The van der Waals surface area contributed by atoms with Crippen LogP contribution < -0.4 is 4.74 Å². The van der Waals surface area contributed by atoms with E-state index in [4.69, 9.17) is 14.6 Å². The van der Waals surface area contributed by atoms with Gasteiger partial charge in [-0.3, -0.25) is 0 Å². The first-order valence-electron chi connectivity index (χ1n) is 4.84. The van der Waals surface area contributed by atoms with Gasteiger partial charge >= 0.3 is 0 Å². The molecule has 1 fully saturated rings. The number of benzene rings is 1. The third-order valence-electron chi connectivity index (χ3n) is 2.20. The number of phenols is 1. The zero-order valence-corrected chi connectivity index (χ0v) is 7.98. The average molecular weight is 194 g/mol. The summed E-state index contributed by atoms with van der Waals surface area (Å²) in [5.41, 5.74) is 0. The van der Waals surface area contributed by atoms with Crippen molar-refractivity contribution in [2.45, 2.75) is 12.8 Å². The number of hydrogen-bond acceptors (Lipinski definition) is 3. The van der Waals surface area contributed by atoms with Crippen molar-refractivity contribution in [3.05, 3.63) is 24.3 Å². The van der Waals surface area contributed by atoms with Crippen LogP contribution in [0.5, 0.6) is 11.5 Å². The Morgan fingerprint density at radius 3 is 2.57 bits per heavy atom. The molecule has 0 atom stereocenters. The van der Waals surface area contributed by atoms with E-state index >= 15 is 0 Å². The van der Waals surface area contributed by atoms with Gasteiger partial charge < -0.3 is 14.6 Å². The molecule has 0 unspecified atom stereocenters. The molecule has 0 aliphatic heterocycles. The maximum atomic E-state index is 9.02. The predicted molar refractivity (Wildman–Crippen MR) is 52.3 cm³/mol. The molecule has 0 saturated heterocycles. The minimum absolute atomic E-state index is 0.247. The fraction of sp³-hybridized carbons (Fsp3) is 0.455. The molecule has 0 spiro atoms. The van der Waals surface area contributed by atoms with Crippen molar-refractivity contribution in [3.63, 3.8) is 0 Å². The summed E-state index contributed by atoms with van der Waals surface area (Å²) in [4.78, 5) is 0. The van der Waals surface area contributed by atoms with Gasteiger partial charge in [-0.05, 0) is 43.0 Å². The highest BCUT2D eigenvalue weighted by molar-refractivity contribution is 5.29. The zero-order chi connectivity index (χ0) is 9.80. The van der Waals surface area contributed by atoms with Crippen LogP contribution in [0.1, 0.15) is 12.8 Å². The van der Waals surface area contributed by atoms with Crippen molar-refractivity contribution in [2.24, 2.45) is 5.92 Å². The largest absolute Gasteiger partial charge is 0.508 e. The van der Waals surface area contributed by atoms with Gasteiger partial charge in [0.25, 0.3) is 0 Å². The Morgan fingerprint density at radius 1 is 1.21 bits per heavy atom. The van der Waals surface area contributed by atoms with E-state index in [-0.39, 0.29) is 5.75 Å². The number of aromatic hydroxyl groups is 1. The lowest BCUT2D eigenvalue weighted by atomic mass is 10.3. The van der Waals surface area contributed by atoms with E-state index in [2.05, 4.69) is 0 Å². The molecule has 0 heterocycles. The summed E-state index contributed by atoms with van der Waals surface area (Å²) in [5.74, 6) is 1.73. The van der Waals surface area contributed by atoms with Gasteiger partial charge in [0.2, 0.25) is 0 Å². The van der Waals surface area contributed by atoms with E-state index in [0.717, 1.165) is 18.3 Å². The highest BCUT2D eigenvalue weighted by Crippen LogP contribution is 2.28. The second kappa shape index (κ2) is 4.33. The van der Waals surface area contributed by atoms with Crippen molar-refractivity contribution in [2.75, 3.05) is 13.4 Å². The SMILES string of the molecule is Oc1ccc(OCOCC2CC2)cc1. The molecule has 0 aromatic heterocycles. The molecular weight excluding hydrogens is 180 g/mol. The van der Waals surface area contributed by atoms with Gasteiger partial charge in [0.1, 0.15) is 11.5 Å². The predicted octanol–water partition coefficient (Wildman–Crippen LogP) is 2.16. The lowest BCUT2D eigenvalue weighted by molar-refractivity contribution is 0.00995. The summed E-state index contributed by atoms with van der Waals surface area (Å²) < 4.78 is 10.6. The highest BCUT2D eigenvalue weighted by atomic mass is 16.7. The minimum atomic E-state index is 0.247. The molecule has 1 aromatic carbocycles. The second-order valence-corrected chi connectivity index (χ2v) is 3.57. The highest BCUT2D eigenvalue weighted by Gasteiger charge is 2.20. The molecular formula is C11H14O3. The molecule has 0 amide bonds. The zero-order valence-electron chi connectivity index (χ0n) is 7.98. The molecule has 1 N–H and O–H groups in total.